The summed E-state index contributed by atoms with van der Waals surface area (Å²) in [6.07, 6.45) is 2.20. The first-order chi connectivity index (χ1) is 11.7. The highest BCUT2D eigenvalue weighted by Gasteiger charge is 2.28. The van der Waals surface area contributed by atoms with Crippen LogP contribution in [0.15, 0.2) is 12.7 Å². The number of phosphoric acid groups is 1. The first-order valence-corrected chi connectivity index (χ1v) is 10.2. The van der Waals surface area contributed by atoms with Crippen molar-refractivity contribution in [3.05, 3.63) is 12.7 Å². The summed E-state index contributed by atoms with van der Waals surface area (Å²) < 4.78 is 30.8. The number of alkyl carbamates (subject to hydrolysis) is 1. The van der Waals surface area contributed by atoms with Gasteiger partial charge in [0.2, 0.25) is 0 Å². The van der Waals surface area contributed by atoms with Gasteiger partial charge < -0.3 is 10.1 Å². The fourth-order valence-corrected chi connectivity index (χ4v) is 3.18. The van der Waals surface area contributed by atoms with E-state index in [2.05, 4.69) is 20.9 Å². The summed E-state index contributed by atoms with van der Waals surface area (Å²) in [6.45, 7) is 7.48. The molecule has 10 heteroatoms. The lowest BCUT2D eigenvalue weighted by Gasteiger charge is -2.22. The topological polar surface area (TPSA) is 100 Å². The van der Waals surface area contributed by atoms with Crippen LogP contribution in [0, 0.1) is 5.41 Å². The number of ether oxygens (including phenoxy) is 1. The third-order valence-electron chi connectivity index (χ3n) is 3.03. The maximum absolute atomic E-state index is 12.2. The Kier molecular flexibility index (Phi) is 12.1. The molecule has 25 heavy (non-hydrogen) atoms. The molecule has 0 aliphatic carbocycles. The van der Waals surface area contributed by atoms with Crippen LogP contribution >= 0.6 is 19.6 Å². The zero-order valence-electron chi connectivity index (χ0n) is 15.2. The Balaban J connectivity index is 3.98. The summed E-state index contributed by atoms with van der Waals surface area (Å²) in [5.41, 5.74) is -0.712. The lowest BCUT2D eigenvalue weighted by molar-refractivity contribution is -0.117. The number of phosphoric ester groups is 1. The van der Waals surface area contributed by atoms with Gasteiger partial charge in [0.15, 0.2) is 5.12 Å². The third kappa shape index (κ3) is 10.7. The summed E-state index contributed by atoms with van der Waals surface area (Å²) in [7, 11) is -0.930. The first kappa shape index (κ1) is 24.1. The van der Waals surface area contributed by atoms with E-state index in [-0.39, 0.29) is 24.9 Å². The molecule has 0 aliphatic heterocycles. The van der Waals surface area contributed by atoms with Crippen molar-refractivity contribution in [1.82, 2.24) is 5.32 Å². The van der Waals surface area contributed by atoms with Crippen LogP contribution in [0.25, 0.3) is 0 Å². The summed E-state index contributed by atoms with van der Waals surface area (Å²) in [5, 5.41) is 2.53. The molecule has 0 fully saturated rings. The van der Waals surface area contributed by atoms with E-state index < -0.39 is 19.3 Å². The predicted octanol–water partition coefficient (Wildman–Crippen LogP) is 3.38. The highest BCUT2D eigenvalue weighted by Crippen LogP contribution is 2.47. The number of unbranched alkanes of at least 4 members (excludes halogenated alkanes) is 1. The van der Waals surface area contributed by atoms with Gasteiger partial charge in [0.1, 0.15) is 6.61 Å². The molecular formula is C15H28NO7PS. The molecule has 8 nitrogen and oxygen atoms in total. The van der Waals surface area contributed by atoms with Crippen molar-refractivity contribution in [1.29, 1.82) is 0 Å². The van der Waals surface area contributed by atoms with E-state index in [0.717, 1.165) is 0 Å². The molecule has 0 rings (SSSR count). The van der Waals surface area contributed by atoms with Gasteiger partial charge in [-0.05, 0) is 12.8 Å². The lowest BCUT2D eigenvalue weighted by Crippen LogP contribution is -2.38. The van der Waals surface area contributed by atoms with Crippen LogP contribution in [0.1, 0.15) is 26.7 Å². The molecular weight excluding hydrogens is 369 g/mol. The Morgan fingerprint density at radius 1 is 1.24 bits per heavy atom. The van der Waals surface area contributed by atoms with Gasteiger partial charge in [-0.2, -0.15) is 0 Å². The van der Waals surface area contributed by atoms with Gasteiger partial charge in [0, 0.05) is 26.5 Å². The number of hydrogen-bond donors (Lipinski definition) is 1. The lowest BCUT2D eigenvalue weighted by atomic mass is 9.96. The highest BCUT2D eigenvalue weighted by molar-refractivity contribution is 8.13. The van der Waals surface area contributed by atoms with Gasteiger partial charge in [-0.15, -0.1) is 0 Å². The van der Waals surface area contributed by atoms with Gasteiger partial charge >= 0.3 is 13.9 Å². The minimum Gasteiger partial charge on any atom is -0.445 e. The molecule has 0 aliphatic rings. The van der Waals surface area contributed by atoms with Crippen molar-refractivity contribution >= 4 is 30.8 Å². The van der Waals surface area contributed by atoms with E-state index in [9.17, 15) is 14.2 Å². The average molecular weight is 397 g/mol. The summed E-state index contributed by atoms with van der Waals surface area (Å²) >= 11 is 1.19. The maximum atomic E-state index is 12.2. The van der Waals surface area contributed by atoms with Gasteiger partial charge in [0.25, 0.3) is 0 Å². The van der Waals surface area contributed by atoms with Crippen molar-refractivity contribution < 1.29 is 32.5 Å². The Morgan fingerprint density at radius 2 is 1.88 bits per heavy atom. The Labute approximate surface area is 153 Å². The first-order valence-electron chi connectivity index (χ1n) is 7.75. The van der Waals surface area contributed by atoms with Gasteiger partial charge in [-0.25, -0.2) is 9.36 Å². The highest BCUT2D eigenvalue weighted by atomic mass is 32.2. The van der Waals surface area contributed by atoms with Gasteiger partial charge in [0.05, 0.1) is 12.0 Å². The fraction of sp³-hybridized carbons (Fsp3) is 0.733. The number of amides is 1. The molecule has 1 amide bonds. The predicted molar refractivity (Wildman–Crippen MR) is 97.6 cm³/mol. The van der Waals surface area contributed by atoms with Gasteiger partial charge in [-0.1, -0.05) is 38.3 Å². The monoisotopic (exact) mass is 397 g/mol. The van der Waals surface area contributed by atoms with Crippen LogP contribution in [0.4, 0.5) is 4.79 Å². The molecule has 0 saturated heterocycles. The van der Waals surface area contributed by atoms with Crippen LogP contribution in [-0.4, -0.2) is 50.9 Å². The number of thioether (sulfide) groups is 1. The largest absolute Gasteiger partial charge is 0.474 e. The minimum atomic E-state index is -3.43. The van der Waals surface area contributed by atoms with Gasteiger partial charge in [-0.3, -0.25) is 18.4 Å². The average Bonchev–Trinajstić information content (AvgIpc) is 2.60. The standard InChI is InChI=1S/C15H28NO7PS/c1-6-9-22-14(18)16-12-15(2,3)13(17)25-11-8-7-10-23-24(19,20-4)21-5/h6H,1,7-12H2,2-5H3,(H,16,18). The number of hydrogen-bond acceptors (Lipinski definition) is 8. The fourth-order valence-electron chi connectivity index (χ4n) is 1.47. The zero-order chi connectivity index (χ0) is 19.3. The Hall–Kier alpha value is -0.860. The molecule has 0 atom stereocenters. The molecule has 0 heterocycles. The summed E-state index contributed by atoms with van der Waals surface area (Å²) in [5.74, 6) is 0.594. The van der Waals surface area contributed by atoms with Crippen LogP contribution in [0.5, 0.6) is 0 Å². The molecule has 0 unspecified atom stereocenters. The quantitative estimate of drug-likeness (QED) is 0.287. The van der Waals surface area contributed by atoms with E-state index in [1.807, 2.05) is 0 Å². The molecule has 146 valence electrons. The number of carbonyl (C=O) groups is 2. The molecule has 1 N–H and O–H groups in total. The second-order valence-electron chi connectivity index (χ2n) is 5.61. The molecule has 0 saturated carbocycles. The number of nitrogens with one attached hydrogen (secondary N) is 1. The van der Waals surface area contributed by atoms with Crippen LogP contribution in [0.3, 0.4) is 0 Å². The van der Waals surface area contributed by atoms with E-state index >= 15 is 0 Å². The zero-order valence-corrected chi connectivity index (χ0v) is 17.0. The van der Waals surface area contributed by atoms with E-state index in [0.29, 0.717) is 18.6 Å². The van der Waals surface area contributed by atoms with Crippen molar-refractivity contribution in [2.45, 2.75) is 26.7 Å². The van der Waals surface area contributed by atoms with Crippen LogP contribution in [-0.2, 0) is 27.7 Å². The smallest absolute Gasteiger partial charge is 0.445 e. The summed E-state index contributed by atoms with van der Waals surface area (Å²) in [4.78, 5) is 23.6. The minimum absolute atomic E-state index is 0.0307. The molecule has 0 spiro atoms. The third-order valence-corrected chi connectivity index (χ3v) is 5.73. The van der Waals surface area contributed by atoms with E-state index in [1.54, 1.807) is 13.8 Å². The van der Waals surface area contributed by atoms with E-state index in [1.165, 1.54) is 32.1 Å². The Bertz CT molecular complexity index is 477. The van der Waals surface area contributed by atoms with Crippen molar-refractivity contribution in [3.63, 3.8) is 0 Å². The molecule has 0 aromatic rings. The van der Waals surface area contributed by atoms with Crippen molar-refractivity contribution in [2.24, 2.45) is 5.41 Å². The normalized spacial score (nSPS) is 11.8. The van der Waals surface area contributed by atoms with Crippen LogP contribution < -0.4 is 5.32 Å². The number of rotatable bonds is 13. The molecule has 0 bridgehead atoms. The number of carbonyl (C=O) groups excluding carboxylic acids is 2. The van der Waals surface area contributed by atoms with Crippen molar-refractivity contribution in [2.75, 3.05) is 39.7 Å². The molecule has 0 radical (unpaired) electrons. The Morgan fingerprint density at radius 3 is 2.44 bits per heavy atom. The maximum Gasteiger partial charge on any atom is 0.474 e. The van der Waals surface area contributed by atoms with Crippen LogP contribution in [0.2, 0.25) is 0 Å². The second kappa shape index (κ2) is 12.5. The van der Waals surface area contributed by atoms with E-state index in [4.69, 9.17) is 9.26 Å². The molecule has 0 aromatic carbocycles. The second-order valence-corrected chi connectivity index (χ2v) is 8.56. The molecule has 0 aromatic heterocycles. The SMILES string of the molecule is C=CCOC(=O)NCC(C)(C)C(=O)SCCCCOP(=O)(OC)OC. The summed E-state index contributed by atoms with van der Waals surface area (Å²) in [6, 6.07) is 0. The van der Waals surface area contributed by atoms with Crippen molar-refractivity contribution in [3.8, 4) is 0 Å².